The lowest BCUT2D eigenvalue weighted by Gasteiger charge is -2.20. The minimum atomic E-state index is -0.375. The van der Waals surface area contributed by atoms with Gasteiger partial charge in [0.1, 0.15) is 5.82 Å². The van der Waals surface area contributed by atoms with Gasteiger partial charge in [-0.2, -0.15) is 0 Å². The van der Waals surface area contributed by atoms with Crippen LogP contribution < -0.4 is 11.2 Å². The Kier molecular flexibility index (Phi) is 6.03. The maximum absolute atomic E-state index is 13.4. The molecule has 1 aromatic heterocycles. The first kappa shape index (κ1) is 20.4. The molecule has 1 aliphatic rings. The number of benzene rings is 2. The minimum absolute atomic E-state index is 0.0797. The molecule has 0 aliphatic heterocycles. The van der Waals surface area contributed by atoms with E-state index in [9.17, 15) is 9.18 Å². The second kappa shape index (κ2) is 8.87. The van der Waals surface area contributed by atoms with Crippen LogP contribution in [0, 0.1) is 5.82 Å². The largest absolute Gasteiger partial charge is 0.349 e. The molecule has 3 N–H and O–H groups in total. The molecule has 0 fully saturated rings. The summed E-state index contributed by atoms with van der Waals surface area (Å²) in [6.07, 6.45) is 4.73. The van der Waals surface area contributed by atoms with E-state index >= 15 is 0 Å². The molecule has 1 heterocycles. The maximum Gasteiger partial charge on any atom is 0.230 e. The summed E-state index contributed by atoms with van der Waals surface area (Å²) in [4.78, 5) is 12.4. The highest BCUT2D eigenvalue weighted by molar-refractivity contribution is 7.99. The number of nitrogen functional groups attached to an aromatic ring is 1. The van der Waals surface area contributed by atoms with E-state index in [0.29, 0.717) is 16.5 Å². The summed E-state index contributed by atoms with van der Waals surface area (Å²) < 4.78 is 14.7. The standard InChI is InChI=1S/C22H24FN5OS/c1-14(16-10-9-15-5-2-3-6-17(15)11-16)25-20(29)13-30-22-27-26-21(28(22)24)18-7-4-8-19(23)12-18/h4,7-12,14H,2-3,5-6,13,24H2,1H3,(H,25,29)/t14-/m1/s1. The van der Waals surface area contributed by atoms with Gasteiger partial charge < -0.3 is 11.2 Å². The molecule has 8 heteroatoms. The fraction of sp³-hybridized carbons (Fsp3) is 0.318. The second-order valence-corrected chi connectivity index (χ2v) is 8.44. The van der Waals surface area contributed by atoms with Crippen LogP contribution in [0.5, 0.6) is 0 Å². The number of hydrogen-bond acceptors (Lipinski definition) is 5. The Morgan fingerprint density at radius 2 is 2.00 bits per heavy atom. The van der Waals surface area contributed by atoms with Gasteiger partial charge in [0.25, 0.3) is 0 Å². The van der Waals surface area contributed by atoms with Gasteiger partial charge in [-0.05, 0) is 61.4 Å². The van der Waals surface area contributed by atoms with Gasteiger partial charge in [0.05, 0.1) is 11.8 Å². The van der Waals surface area contributed by atoms with Crippen molar-refractivity contribution in [3.05, 3.63) is 65.0 Å². The topological polar surface area (TPSA) is 85.8 Å². The molecular formula is C22H24FN5OS. The third kappa shape index (κ3) is 4.48. The van der Waals surface area contributed by atoms with Crippen molar-refractivity contribution in [3.63, 3.8) is 0 Å². The fourth-order valence-corrected chi connectivity index (χ4v) is 4.39. The lowest BCUT2D eigenvalue weighted by atomic mass is 9.89. The summed E-state index contributed by atoms with van der Waals surface area (Å²) in [6.45, 7) is 1.99. The number of amides is 1. The van der Waals surface area contributed by atoms with Gasteiger partial charge in [0.2, 0.25) is 11.1 Å². The Bertz CT molecular complexity index is 1070. The van der Waals surface area contributed by atoms with Crippen LogP contribution >= 0.6 is 11.8 Å². The van der Waals surface area contributed by atoms with E-state index in [0.717, 1.165) is 18.4 Å². The van der Waals surface area contributed by atoms with Crippen molar-refractivity contribution >= 4 is 17.7 Å². The van der Waals surface area contributed by atoms with E-state index in [1.165, 1.54) is 52.5 Å². The van der Waals surface area contributed by atoms with Gasteiger partial charge in [-0.3, -0.25) is 4.79 Å². The Labute approximate surface area is 179 Å². The molecule has 0 bridgehead atoms. The zero-order valence-electron chi connectivity index (χ0n) is 16.8. The zero-order chi connectivity index (χ0) is 21.1. The van der Waals surface area contributed by atoms with Gasteiger partial charge in [-0.1, -0.05) is 42.1 Å². The van der Waals surface area contributed by atoms with Crippen LogP contribution in [-0.2, 0) is 17.6 Å². The van der Waals surface area contributed by atoms with Gasteiger partial charge in [-0.25, -0.2) is 9.07 Å². The molecule has 1 aliphatic carbocycles. The molecule has 30 heavy (non-hydrogen) atoms. The van der Waals surface area contributed by atoms with Crippen LogP contribution in [0.25, 0.3) is 11.4 Å². The molecule has 0 radical (unpaired) electrons. The number of nitrogens with zero attached hydrogens (tertiary/aromatic N) is 3. The van der Waals surface area contributed by atoms with Crippen molar-refractivity contribution in [3.8, 4) is 11.4 Å². The number of aromatic nitrogens is 3. The van der Waals surface area contributed by atoms with Gasteiger partial charge in [-0.15, -0.1) is 10.2 Å². The van der Waals surface area contributed by atoms with Gasteiger partial charge >= 0.3 is 0 Å². The molecule has 0 spiro atoms. The van der Waals surface area contributed by atoms with Gasteiger partial charge in [0.15, 0.2) is 5.82 Å². The summed E-state index contributed by atoms with van der Waals surface area (Å²) in [5, 5.41) is 11.5. The highest BCUT2D eigenvalue weighted by atomic mass is 32.2. The van der Waals surface area contributed by atoms with Crippen molar-refractivity contribution < 1.29 is 9.18 Å². The van der Waals surface area contributed by atoms with Crippen LogP contribution in [0.15, 0.2) is 47.6 Å². The zero-order valence-corrected chi connectivity index (χ0v) is 17.6. The molecule has 4 rings (SSSR count). The number of carbonyl (C=O) groups excluding carboxylic acids is 1. The molecule has 0 unspecified atom stereocenters. The average Bonchev–Trinajstić information content (AvgIpc) is 3.12. The summed E-state index contributed by atoms with van der Waals surface area (Å²) in [5.41, 5.74) is 4.47. The van der Waals surface area contributed by atoms with Crippen LogP contribution in [0.3, 0.4) is 0 Å². The number of carbonyl (C=O) groups is 1. The normalized spacial score (nSPS) is 14.2. The Morgan fingerprint density at radius 3 is 2.80 bits per heavy atom. The lowest BCUT2D eigenvalue weighted by molar-refractivity contribution is -0.119. The molecule has 156 valence electrons. The molecule has 2 aromatic carbocycles. The van der Waals surface area contributed by atoms with E-state index in [-0.39, 0.29) is 23.5 Å². The molecule has 1 amide bonds. The van der Waals surface area contributed by atoms with E-state index in [1.807, 2.05) is 6.92 Å². The number of fused-ring (bicyclic) bond motifs is 1. The predicted molar refractivity (Wildman–Crippen MR) is 116 cm³/mol. The first-order valence-corrected chi connectivity index (χ1v) is 11.0. The third-order valence-corrected chi connectivity index (χ3v) is 6.27. The van der Waals surface area contributed by atoms with Crippen molar-refractivity contribution in [1.82, 2.24) is 20.2 Å². The summed E-state index contributed by atoms with van der Waals surface area (Å²) in [7, 11) is 0. The number of aryl methyl sites for hydroxylation is 2. The Morgan fingerprint density at radius 1 is 1.20 bits per heavy atom. The van der Waals surface area contributed by atoms with Crippen LogP contribution in [0.2, 0.25) is 0 Å². The molecule has 1 atom stereocenters. The second-order valence-electron chi connectivity index (χ2n) is 7.50. The van der Waals surface area contributed by atoms with E-state index < -0.39 is 0 Å². The van der Waals surface area contributed by atoms with E-state index in [1.54, 1.807) is 12.1 Å². The summed E-state index contributed by atoms with van der Waals surface area (Å²) in [6, 6.07) is 12.4. The maximum atomic E-state index is 13.4. The average molecular weight is 426 g/mol. The lowest BCUT2D eigenvalue weighted by Crippen LogP contribution is -2.28. The number of halogens is 1. The molecule has 0 saturated heterocycles. The van der Waals surface area contributed by atoms with E-state index in [2.05, 4.69) is 33.7 Å². The van der Waals surface area contributed by atoms with Crippen LogP contribution in [0.1, 0.15) is 42.5 Å². The van der Waals surface area contributed by atoms with Crippen molar-refractivity contribution in [2.24, 2.45) is 0 Å². The highest BCUT2D eigenvalue weighted by Crippen LogP contribution is 2.25. The third-order valence-electron chi connectivity index (χ3n) is 5.33. The molecule has 0 saturated carbocycles. The molecule has 6 nitrogen and oxygen atoms in total. The molecular weight excluding hydrogens is 401 g/mol. The number of hydrogen-bond donors (Lipinski definition) is 2. The number of nitrogens with one attached hydrogen (secondary N) is 1. The highest BCUT2D eigenvalue weighted by Gasteiger charge is 2.17. The van der Waals surface area contributed by atoms with Crippen molar-refractivity contribution in [2.45, 2.75) is 43.8 Å². The number of nitrogens with two attached hydrogens (primary N) is 1. The fourth-order valence-electron chi connectivity index (χ4n) is 3.72. The minimum Gasteiger partial charge on any atom is -0.349 e. The number of rotatable bonds is 6. The van der Waals surface area contributed by atoms with Crippen molar-refractivity contribution in [2.75, 3.05) is 11.6 Å². The SMILES string of the molecule is C[C@@H](NC(=O)CSc1nnc(-c2cccc(F)c2)n1N)c1ccc2c(c1)CCCC2. The van der Waals surface area contributed by atoms with Gasteiger partial charge in [0, 0.05) is 5.56 Å². The van der Waals surface area contributed by atoms with E-state index in [4.69, 9.17) is 5.84 Å². The number of thioether (sulfide) groups is 1. The predicted octanol–water partition coefficient (Wildman–Crippen LogP) is 3.65. The monoisotopic (exact) mass is 425 g/mol. The quantitative estimate of drug-likeness (QED) is 0.465. The first-order chi connectivity index (χ1) is 14.5. The first-order valence-electron chi connectivity index (χ1n) is 10.0. The Hall–Kier alpha value is -2.87. The molecule has 3 aromatic rings. The smallest absolute Gasteiger partial charge is 0.230 e. The summed E-state index contributed by atoms with van der Waals surface area (Å²) in [5.74, 6) is 6.07. The van der Waals surface area contributed by atoms with Crippen molar-refractivity contribution in [1.29, 1.82) is 0 Å². The summed E-state index contributed by atoms with van der Waals surface area (Å²) >= 11 is 1.19. The Balaban J connectivity index is 1.36. The van der Waals surface area contributed by atoms with Crippen LogP contribution in [-0.4, -0.2) is 26.5 Å². The van der Waals surface area contributed by atoms with Crippen LogP contribution in [0.4, 0.5) is 4.39 Å².